The molecule has 2 N–H and O–H groups in total. The molecule has 1 spiro atoms. The molecule has 0 bridgehead atoms. The van der Waals surface area contributed by atoms with Crippen molar-refractivity contribution in [2.45, 2.75) is 17.4 Å². The van der Waals surface area contributed by atoms with Crippen molar-refractivity contribution in [3.63, 3.8) is 0 Å². The number of H-pyrrole nitrogens is 1. The first kappa shape index (κ1) is 18.8. The number of likely N-dealkylation sites (tertiary alicyclic amines) is 1. The Labute approximate surface area is 166 Å². The van der Waals surface area contributed by atoms with Gasteiger partial charge in [0.05, 0.1) is 32.0 Å². The largest absolute Gasteiger partial charge is 0.508 e. The Bertz CT molecular complexity index is 876. The maximum absolute atomic E-state index is 12.6. The van der Waals surface area contributed by atoms with Gasteiger partial charge >= 0.3 is 0 Å². The van der Waals surface area contributed by atoms with Crippen LogP contribution in [0.1, 0.15) is 16.2 Å². The monoisotopic (exact) mass is 402 g/mol. The molecule has 1 aromatic carbocycles. The highest BCUT2D eigenvalue weighted by Gasteiger charge is 2.49. The van der Waals surface area contributed by atoms with Crippen molar-refractivity contribution in [2.24, 2.45) is 0 Å². The predicted octanol–water partition coefficient (Wildman–Crippen LogP) is 1.27. The number of carbonyl (C=O) groups is 2. The third-order valence-corrected chi connectivity index (χ3v) is 5.97. The number of phenols is 1. The molecule has 2 fully saturated rings. The Morgan fingerprint density at radius 1 is 1.25 bits per heavy atom. The van der Waals surface area contributed by atoms with Crippen molar-refractivity contribution in [3.05, 3.63) is 41.7 Å². The second-order valence-electron chi connectivity index (χ2n) is 7.23. The second kappa shape index (κ2) is 7.48. The van der Waals surface area contributed by atoms with E-state index in [1.54, 1.807) is 40.1 Å². The van der Waals surface area contributed by atoms with E-state index in [-0.39, 0.29) is 17.6 Å². The van der Waals surface area contributed by atoms with Gasteiger partial charge in [-0.15, -0.1) is 11.8 Å². The number of nitrogens with zero attached hydrogens (tertiary/aromatic N) is 3. The molecule has 2 aromatic rings. The van der Waals surface area contributed by atoms with Crippen LogP contribution in [-0.4, -0.2) is 81.1 Å². The number of benzene rings is 1. The van der Waals surface area contributed by atoms with E-state index in [9.17, 15) is 14.7 Å². The lowest BCUT2D eigenvalue weighted by Gasteiger charge is -2.53. The minimum absolute atomic E-state index is 0.0404. The Hall–Kier alpha value is -2.52. The summed E-state index contributed by atoms with van der Waals surface area (Å²) in [5.41, 5.74) is 0.781. The van der Waals surface area contributed by atoms with Gasteiger partial charge in [0, 0.05) is 17.1 Å². The molecular formula is C19H22N4O4S. The molecule has 0 radical (unpaired) electrons. The summed E-state index contributed by atoms with van der Waals surface area (Å²) in [6.07, 6.45) is 0. The fourth-order valence-corrected chi connectivity index (χ4v) is 4.30. The number of rotatable bonds is 4. The molecule has 4 rings (SSSR count). The van der Waals surface area contributed by atoms with Crippen LogP contribution in [0.3, 0.4) is 0 Å². The number of aromatic amines is 1. The zero-order valence-corrected chi connectivity index (χ0v) is 16.4. The van der Waals surface area contributed by atoms with E-state index >= 15 is 0 Å². The molecule has 0 atom stereocenters. The minimum Gasteiger partial charge on any atom is -0.508 e. The molecule has 2 aliphatic rings. The highest BCUT2D eigenvalue weighted by Crippen LogP contribution is 2.31. The number of hydrogen-bond donors (Lipinski definition) is 2. The smallest absolute Gasteiger partial charge is 0.274 e. The van der Waals surface area contributed by atoms with Crippen LogP contribution in [0.2, 0.25) is 0 Å². The number of ether oxygens (including phenoxy) is 1. The van der Waals surface area contributed by atoms with Crippen molar-refractivity contribution >= 4 is 23.6 Å². The first-order valence-corrected chi connectivity index (χ1v) is 10.1. The summed E-state index contributed by atoms with van der Waals surface area (Å²) >= 11 is 1.44. The zero-order valence-electron chi connectivity index (χ0n) is 15.6. The summed E-state index contributed by atoms with van der Waals surface area (Å²) in [5.74, 6) is 0.466. The summed E-state index contributed by atoms with van der Waals surface area (Å²) in [4.78, 5) is 29.5. The molecule has 1 aromatic heterocycles. The molecule has 2 saturated heterocycles. The average Bonchev–Trinajstić information content (AvgIpc) is 3.11. The molecule has 8 nitrogen and oxygen atoms in total. The van der Waals surface area contributed by atoms with Gasteiger partial charge < -0.3 is 19.6 Å². The number of aromatic hydroxyl groups is 1. The van der Waals surface area contributed by atoms with Gasteiger partial charge in [-0.05, 0) is 37.3 Å². The van der Waals surface area contributed by atoms with Crippen LogP contribution in [0, 0.1) is 6.92 Å². The van der Waals surface area contributed by atoms with Gasteiger partial charge in [0.1, 0.15) is 17.0 Å². The number of phenolic OH excluding ortho intramolecular Hbond substituents is 1. The van der Waals surface area contributed by atoms with Crippen LogP contribution in [0.25, 0.3) is 0 Å². The third kappa shape index (κ3) is 3.85. The second-order valence-corrected chi connectivity index (χ2v) is 8.28. The topological polar surface area (TPSA) is 98.8 Å². The first-order valence-electron chi connectivity index (χ1n) is 9.09. The highest BCUT2D eigenvalue weighted by atomic mass is 32.2. The molecule has 2 aliphatic heterocycles. The lowest BCUT2D eigenvalue weighted by atomic mass is 9.91. The van der Waals surface area contributed by atoms with E-state index in [0.29, 0.717) is 44.2 Å². The SMILES string of the molecule is Cc1cc(C(=O)N2CCOC3(CN(C(=O)CSc4ccc(O)cc4)C3)C2)n[nH]1. The third-order valence-electron chi connectivity index (χ3n) is 4.97. The highest BCUT2D eigenvalue weighted by molar-refractivity contribution is 8.00. The van der Waals surface area contributed by atoms with Crippen molar-refractivity contribution in [3.8, 4) is 5.75 Å². The normalized spacial score (nSPS) is 18.2. The number of aromatic nitrogens is 2. The Morgan fingerprint density at radius 3 is 2.64 bits per heavy atom. The van der Waals surface area contributed by atoms with Gasteiger partial charge in [-0.1, -0.05) is 0 Å². The summed E-state index contributed by atoms with van der Waals surface area (Å²) in [7, 11) is 0. The van der Waals surface area contributed by atoms with Gasteiger partial charge in [-0.25, -0.2) is 0 Å². The van der Waals surface area contributed by atoms with Crippen molar-refractivity contribution in [2.75, 3.05) is 38.5 Å². The summed E-state index contributed by atoms with van der Waals surface area (Å²) < 4.78 is 5.93. The van der Waals surface area contributed by atoms with Crippen LogP contribution >= 0.6 is 11.8 Å². The van der Waals surface area contributed by atoms with E-state index in [4.69, 9.17) is 4.74 Å². The standard InChI is InChI=1S/C19H22N4O4S/c1-13-8-16(21-20-13)18(26)22-6-7-27-19(10-22)11-23(12-19)17(25)9-28-15-4-2-14(24)3-5-15/h2-5,8,24H,6-7,9-12H2,1H3,(H,20,21). The van der Waals surface area contributed by atoms with E-state index in [2.05, 4.69) is 10.2 Å². The molecule has 0 unspecified atom stereocenters. The first-order chi connectivity index (χ1) is 13.4. The minimum atomic E-state index is -0.474. The van der Waals surface area contributed by atoms with Gasteiger partial charge in [-0.3, -0.25) is 14.7 Å². The molecule has 2 amide bonds. The fraction of sp³-hybridized carbons (Fsp3) is 0.421. The molecule has 28 heavy (non-hydrogen) atoms. The van der Waals surface area contributed by atoms with Gasteiger partial charge in [0.25, 0.3) is 5.91 Å². The number of thioether (sulfide) groups is 1. The van der Waals surface area contributed by atoms with Gasteiger partial charge in [0.2, 0.25) is 5.91 Å². The number of hydrogen-bond acceptors (Lipinski definition) is 6. The van der Waals surface area contributed by atoms with E-state index in [1.165, 1.54) is 11.8 Å². The molecule has 148 valence electrons. The zero-order chi connectivity index (χ0) is 19.7. The lowest BCUT2D eigenvalue weighted by Crippen LogP contribution is -2.71. The van der Waals surface area contributed by atoms with Crippen LogP contribution in [0.15, 0.2) is 35.2 Å². The quantitative estimate of drug-likeness (QED) is 0.748. The van der Waals surface area contributed by atoms with Crippen molar-refractivity contribution in [1.29, 1.82) is 0 Å². The number of amides is 2. The molecule has 0 saturated carbocycles. The van der Waals surface area contributed by atoms with Gasteiger partial charge in [-0.2, -0.15) is 5.10 Å². The van der Waals surface area contributed by atoms with Crippen molar-refractivity contribution < 1.29 is 19.4 Å². The predicted molar refractivity (Wildman–Crippen MR) is 103 cm³/mol. The van der Waals surface area contributed by atoms with Gasteiger partial charge in [0.15, 0.2) is 0 Å². The van der Waals surface area contributed by atoms with E-state index in [1.807, 2.05) is 6.92 Å². The number of carbonyl (C=O) groups excluding carboxylic acids is 2. The number of nitrogens with one attached hydrogen (secondary N) is 1. The Kier molecular flexibility index (Phi) is 5.03. The summed E-state index contributed by atoms with van der Waals surface area (Å²) in [6, 6.07) is 8.52. The van der Waals surface area contributed by atoms with Crippen LogP contribution in [0.4, 0.5) is 0 Å². The summed E-state index contributed by atoms with van der Waals surface area (Å²) in [5, 5.41) is 16.1. The molecule has 9 heteroatoms. The maximum atomic E-state index is 12.6. The number of morpholine rings is 1. The lowest BCUT2D eigenvalue weighted by molar-refractivity contribution is -0.184. The van der Waals surface area contributed by atoms with Crippen molar-refractivity contribution in [1.82, 2.24) is 20.0 Å². The Morgan fingerprint density at radius 2 is 1.96 bits per heavy atom. The maximum Gasteiger partial charge on any atom is 0.274 e. The number of aryl methyl sites for hydroxylation is 1. The van der Waals surface area contributed by atoms with Crippen LogP contribution in [-0.2, 0) is 9.53 Å². The molecule has 3 heterocycles. The van der Waals surface area contributed by atoms with Crippen LogP contribution < -0.4 is 0 Å². The average molecular weight is 402 g/mol. The van der Waals surface area contributed by atoms with Crippen LogP contribution in [0.5, 0.6) is 5.75 Å². The molecular weight excluding hydrogens is 380 g/mol. The summed E-state index contributed by atoms with van der Waals surface area (Å²) in [6.45, 7) is 4.29. The van der Waals surface area contributed by atoms with E-state index < -0.39 is 5.60 Å². The molecule has 0 aliphatic carbocycles. The fourth-order valence-electron chi connectivity index (χ4n) is 3.50. The van der Waals surface area contributed by atoms with E-state index in [0.717, 1.165) is 10.6 Å². The Balaban J connectivity index is 1.29.